The Morgan fingerprint density at radius 1 is 1.50 bits per heavy atom. The maximum absolute atomic E-state index is 5.66. The molecule has 3 nitrogen and oxygen atoms in total. The third kappa shape index (κ3) is 2.74. The Labute approximate surface area is 119 Å². The van der Waals surface area contributed by atoms with Gasteiger partial charge in [0.1, 0.15) is 5.75 Å². The van der Waals surface area contributed by atoms with Crippen LogP contribution in [0.2, 0.25) is 0 Å². The van der Waals surface area contributed by atoms with E-state index in [2.05, 4.69) is 33.2 Å². The van der Waals surface area contributed by atoms with E-state index in [1.54, 1.807) is 18.4 Å². The van der Waals surface area contributed by atoms with E-state index in [0.29, 0.717) is 12.5 Å². The first kappa shape index (κ1) is 13.5. The van der Waals surface area contributed by atoms with Crippen LogP contribution in [0.25, 0.3) is 11.3 Å². The smallest absolute Gasteiger partial charge is 0.133 e. The molecule has 0 saturated heterocycles. The van der Waals surface area contributed by atoms with Gasteiger partial charge in [-0.1, -0.05) is 6.92 Å². The molecule has 2 rings (SSSR count). The topological polar surface area (TPSA) is 48.1 Å². The molecule has 0 aliphatic heterocycles. The molecular weight excluding hydrogens is 312 g/mol. The summed E-state index contributed by atoms with van der Waals surface area (Å²) in [5.41, 5.74) is 7.72. The standard InChI is InChI=1S/C13H15BrN2OS/c1-8(6-15)13-16-11(7-18-13)9-3-4-12(17-2)10(14)5-9/h3-5,7-8H,6,15H2,1-2H3. The van der Waals surface area contributed by atoms with Crippen LogP contribution in [0.4, 0.5) is 0 Å². The molecule has 0 saturated carbocycles. The van der Waals surface area contributed by atoms with Crippen LogP contribution in [-0.4, -0.2) is 18.6 Å². The average molecular weight is 327 g/mol. The number of benzene rings is 1. The largest absolute Gasteiger partial charge is 0.496 e. The fourth-order valence-electron chi connectivity index (χ4n) is 1.57. The third-order valence-corrected chi connectivity index (χ3v) is 4.44. The predicted molar refractivity (Wildman–Crippen MR) is 79.3 cm³/mol. The van der Waals surface area contributed by atoms with E-state index in [0.717, 1.165) is 26.5 Å². The Morgan fingerprint density at radius 2 is 2.28 bits per heavy atom. The predicted octanol–water partition coefficient (Wildman–Crippen LogP) is 3.64. The van der Waals surface area contributed by atoms with E-state index in [9.17, 15) is 0 Å². The number of methoxy groups -OCH3 is 1. The van der Waals surface area contributed by atoms with E-state index in [-0.39, 0.29) is 0 Å². The molecular formula is C13H15BrN2OS. The summed E-state index contributed by atoms with van der Waals surface area (Å²) in [5.74, 6) is 1.13. The van der Waals surface area contributed by atoms with Crippen LogP contribution in [0.3, 0.4) is 0 Å². The van der Waals surface area contributed by atoms with E-state index < -0.39 is 0 Å². The van der Waals surface area contributed by atoms with Crippen LogP contribution in [0, 0.1) is 0 Å². The number of halogens is 1. The van der Waals surface area contributed by atoms with E-state index in [1.807, 2.05) is 18.2 Å². The fraction of sp³-hybridized carbons (Fsp3) is 0.308. The number of hydrogen-bond donors (Lipinski definition) is 1. The first-order chi connectivity index (χ1) is 8.65. The number of hydrogen-bond acceptors (Lipinski definition) is 4. The van der Waals surface area contributed by atoms with Gasteiger partial charge in [0.25, 0.3) is 0 Å². The monoisotopic (exact) mass is 326 g/mol. The summed E-state index contributed by atoms with van der Waals surface area (Å²) in [6, 6.07) is 5.96. The molecule has 1 unspecified atom stereocenters. The van der Waals surface area contributed by atoms with Crippen molar-refractivity contribution in [3.05, 3.63) is 33.1 Å². The van der Waals surface area contributed by atoms with Crippen molar-refractivity contribution in [1.29, 1.82) is 0 Å². The van der Waals surface area contributed by atoms with Gasteiger partial charge in [-0.25, -0.2) is 4.98 Å². The van der Waals surface area contributed by atoms with Crippen LogP contribution in [-0.2, 0) is 0 Å². The minimum Gasteiger partial charge on any atom is -0.496 e. The molecule has 0 spiro atoms. The summed E-state index contributed by atoms with van der Waals surface area (Å²) < 4.78 is 6.15. The summed E-state index contributed by atoms with van der Waals surface area (Å²) in [6.45, 7) is 2.71. The quantitative estimate of drug-likeness (QED) is 0.933. The second kappa shape index (κ2) is 5.82. The highest BCUT2D eigenvalue weighted by atomic mass is 79.9. The Bertz CT molecular complexity index is 542. The van der Waals surface area contributed by atoms with Crippen LogP contribution >= 0.6 is 27.3 Å². The summed E-state index contributed by atoms with van der Waals surface area (Å²) in [4.78, 5) is 4.62. The molecule has 0 fully saturated rings. The Hall–Kier alpha value is -0.910. The highest BCUT2D eigenvalue weighted by molar-refractivity contribution is 9.10. The molecule has 1 aromatic carbocycles. The van der Waals surface area contributed by atoms with Crippen molar-refractivity contribution in [3.63, 3.8) is 0 Å². The third-order valence-electron chi connectivity index (χ3n) is 2.74. The molecule has 0 aliphatic carbocycles. The van der Waals surface area contributed by atoms with Crippen LogP contribution in [0.5, 0.6) is 5.75 Å². The van der Waals surface area contributed by atoms with Gasteiger partial charge >= 0.3 is 0 Å². The van der Waals surface area contributed by atoms with Crippen molar-refractivity contribution >= 4 is 27.3 Å². The van der Waals surface area contributed by atoms with Gasteiger partial charge in [0.2, 0.25) is 0 Å². The number of thiazole rings is 1. The van der Waals surface area contributed by atoms with Crippen LogP contribution in [0.15, 0.2) is 28.1 Å². The van der Waals surface area contributed by atoms with Crippen molar-refractivity contribution < 1.29 is 4.74 Å². The molecule has 0 amide bonds. The van der Waals surface area contributed by atoms with E-state index >= 15 is 0 Å². The molecule has 5 heteroatoms. The average Bonchev–Trinajstić information content (AvgIpc) is 2.87. The number of nitrogens with zero attached hydrogens (tertiary/aromatic N) is 1. The zero-order chi connectivity index (χ0) is 13.1. The first-order valence-electron chi connectivity index (χ1n) is 5.65. The zero-order valence-corrected chi connectivity index (χ0v) is 12.7. The molecule has 0 radical (unpaired) electrons. The maximum Gasteiger partial charge on any atom is 0.133 e. The summed E-state index contributed by atoms with van der Waals surface area (Å²) in [5, 5.41) is 3.15. The lowest BCUT2D eigenvalue weighted by Gasteiger charge is -2.05. The van der Waals surface area contributed by atoms with Gasteiger partial charge in [-0.2, -0.15) is 0 Å². The van der Waals surface area contributed by atoms with Gasteiger partial charge in [-0.15, -0.1) is 11.3 Å². The van der Waals surface area contributed by atoms with Gasteiger partial charge in [0.15, 0.2) is 0 Å². The molecule has 96 valence electrons. The van der Waals surface area contributed by atoms with Crippen molar-refractivity contribution in [2.75, 3.05) is 13.7 Å². The first-order valence-corrected chi connectivity index (χ1v) is 7.32. The van der Waals surface area contributed by atoms with Crippen molar-refractivity contribution in [2.24, 2.45) is 5.73 Å². The lowest BCUT2D eigenvalue weighted by atomic mass is 10.1. The van der Waals surface area contributed by atoms with Gasteiger partial charge in [0.05, 0.1) is 22.3 Å². The molecule has 1 heterocycles. The lowest BCUT2D eigenvalue weighted by molar-refractivity contribution is 0.412. The number of nitrogens with two attached hydrogens (primary N) is 1. The number of aromatic nitrogens is 1. The molecule has 1 atom stereocenters. The number of rotatable bonds is 4. The second-order valence-corrected chi connectivity index (χ2v) is 5.80. The zero-order valence-electron chi connectivity index (χ0n) is 10.3. The Morgan fingerprint density at radius 3 is 2.89 bits per heavy atom. The SMILES string of the molecule is COc1ccc(-c2csc(C(C)CN)n2)cc1Br. The summed E-state index contributed by atoms with van der Waals surface area (Å²) in [7, 11) is 1.66. The molecule has 2 aromatic rings. The normalized spacial score (nSPS) is 12.4. The van der Waals surface area contributed by atoms with Crippen LogP contribution < -0.4 is 10.5 Å². The van der Waals surface area contributed by atoms with Gasteiger partial charge < -0.3 is 10.5 Å². The highest BCUT2D eigenvalue weighted by Gasteiger charge is 2.11. The molecule has 18 heavy (non-hydrogen) atoms. The minimum absolute atomic E-state index is 0.311. The van der Waals surface area contributed by atoms with Crippen LogP contribution in [0.1, 0.15) is 17.8 Å². The Kier molecular flexibility index (Phi) is 4.37. The summed E-state index contributed by atoms with van der Waals surface area (Å²) >= 11 is 5.14. The van der Waals surface area contributed by atoms with Crippen molar-refractivity contribution in [2.45, 2.75) is 12.8 Å². The Balaban J connectivity index is 2.31. The van der Waals surface area contributed by atoms with E-state index in [1.165, 1.54) is 0 Å². The molecule has 0 aliphatic rings. The van der Waals surface area contributed by atoms with Gasteiger partial charge in [-0.05, 0) is 34.1 Å². The lowest BCUT2D eigenvalue weighted by Crippen LogP contribution is -2.08. The van der Waals surface area contributed by atoms with Gasteiger partial charge in [0, 0.05) is 23.4 Å². The fourth-order valence-corrected chi connectivity index (χ4v) is 3.01. The highest BCUT2D eigenvalue weighted by Crippen LogP contribution is 2.32. The van der Waals surface area contributed by atoms with E-state index in [4.69, 9.17) is 10.5 Å². The molecule has 0 bridgehead atoms. The molecule has 1 aromatic heterocycles. The number of ether oxygens (including phenoxy) is 1. The van der Waals surface area contributed by atoms with Gasteiger partial charge in [-0.3, -0.25) is 0 Å². The van der Waals surface area contributed by atoms with Crippen molar-refractivity contribution in [1.82, 2.24) is 4.98 Å². The van der Waals surface area contributed by atoms with Crippen molar-refractivity contribution in [3.8, 4) is 17.0 Å². The summed E-state index contributed by atoms with van der Waals surface area (Å²) in [6.07, 6.45) is 0. The molecule has 2 N–H and O–H groups in total. The maximum atomic E-state index is 5.66. The second-order valence-electron chi connectivity index (χ2n) is 4.06. The minimum atomic E-state index is 0.311.